The summed E-state index contributed by atoms with van der Waals surface area (Å²) in [5.74, 6) is -0.315. The third-order valence-electron chi connectivity index (χ3n) is 6.14. The van der Waals surface area contributed by atoms with Gasteiger partial charge >= 0.3 is 0 Å². The van der Waals surface area contributed by atoms with Crippen LogP contribution in [0.2, 0.25) is 0 Å². The zero-order valence-corrected chi connectivity index (χ0v) is 21.0. The van der Waals surface area contributed by atoms with Gasteiger partial charge in [-0.25, -0.2) is 8.42 Å². The van der Waals surface area contributed by atoms with E-state index in [2.05, 4.69) is 15.1 Å². The smallest absolute Gasteiger partial charge is 0.218 e. The monoisotopic (exact) mass is 515 g/mol. The first-order chi connectivity index (χ1) is 17.8. The summed E-state index contributed by atoms with van der Waals surface area (Å²) < 4.78 is 29.5. The van der Waals surface area contributed by atoms with Gasteiger partial charge in [0.15, 0.2) is 5.43 Å². The third-order valence-corrected chi connectivity index (χ3v) is 7.94. The lowest BCUT2D eigenvalue weighted by molar-refractivity contribution is 0.250. The number of nitrogens with zero attached hydrogens (tertiary/aromatic N) is 5. The van der Waals surface area contributed by atoms with Crippen LogP contribution in [0.5, 0.6) is 0 Å². The average molecular weight is 516 g/mol. The molecule has 0 aliphatic heterocycles. The molecular weight excluding hydrogens is 490 g/mol. The van der Waals surface area contributed by atoms with Crippen LogP contribution < -0.4 is 5.43 Å². The number of sulfonamides is 1. The van der Waals surface area contributed by atoms with Crippen LogP contribution in [0.4, 0.5) is 0 Å². The highest BCUT2D eigenvalue weighted by atomic mass is 32.2. The molecule has 2 aromatic carbocycles. The predicted molar refractivity (Wildman–Crippen MR) is 142 cm³/mol. The first-order valence-electron chi connectivity index (χ1n) is 11.7. The standard InChI is InChI=1S/C27H25N5O4S/c1-31-16-22(15-30-31)21-13-25-26(29-14-21)8-7-20-6-5-19(12-24(20)27(25)34)18-37(35,36)32(10-11-33)17-23-4-2-3-9-28-23/h2-9,12-16,33H,10-11,17-18H2,1H3. The van der Waals surface area contributed by atoms with Crippen LogP contribution in [-0.4, -0.2) is 50.7 Å². The molecule has 0 fully saturated rings. The Hall–Kier alpha value is -3.99. The second-order valence-electron chi connectivity index (χ2n) is 8.78. The van der Waals surface area contributed by atoms with E-state index in [-0.39, 0.29) is 30.9 Å². The SMILES string of the molecule is Cn1cc(-c2cnc3ccc4ccc(CS(=O)(=O)N(CCO)Cc5ccccn5)cc4c(=O)c3c2)cn1. The zero-order chi connectivity index (χ0) is 26.0. The molecule has 3 aromatic heterocycles. The van der Waals surface area contributed by atoms with Crippen molar-refractivity contribution in [3.8, 4) is 11.1 Å². The number of hydrogen-bond donors (Lipinski definition) is 1. The molecule has 5 rings (SSSR count). The molecule has 0 atom stereocenters. The molecule has 0 aliphatic rings. The van der Waals surface area contributed by atoms with E-state index in [1.54, 1.807) is 71.8 Å². The molecule has 0 saturated heterocycles. The topological polar surface area (TPSA) is 118 Å². The molecule has 0 amide bonds. The Morgan fingerprint density at radius 1 is 0.973 bits per heavy atom. The molecule has 0 saturated carbocycles. The Morgan fingerprint density at radius 3 is 2.54 bits per heavy atom. The molecule has 0 unspecified atom stereocenters. The summed E-state index contributed by atoms with van der Waals surface area (Å²) in [5.41, 5.74) is 2.99. The van der Waals surface area contributed by atoms with Crippen LogP contribution in [-0.2, 0) is 29.4 Å². The lowest BCUT2D eigenvalue weighted by atomic mass is 10.1. The van der Waals surface area contributed by atoms with E-state index in [9.17, 15) is 18.3 Å². The highest BCUT2D eigenvalue weighted by Gasteiger charge is 2.23. The number of fused-ring (bicyclic) bond motifs is 2. The van der Waals surface area contributed by atoms with E-state index in [1.807, 2.05) is 19.3 Å². The molecule has 3 heterocycles. The maximum atomic E-state index is 13.6. The summed E-state index contributed by atoms with van der Waals surface area (Å²) in [6.45, 7) is -0.323. The summed E-state index contributed by atoms with van der Waals surface area (Å²) in [6, 6.07) is 15.7. The van der Waals surface area contributed by atoms with Gasteiger partial charge in [-0.3, -0.25) is 19.4 Å². The van der Waals surface area contributed by atoms with Crippen LogP contribution in [0.3, 0.4) is 0 Å². The van der Waals surface area contributed by atoms with Gasteiger partial charge in [0.25, 0.3) is 0 Å². The fraction of sp³-hybridized carbons (Fsp3) is 0.185. The minimum Gasteiger partial charge on any atom is -0.395 e. The molecule has 0 radical (unpaired) electrons. The van der Waals surface area contributed by atoms with Crippen LogP contribution in [0.15, 0.2) is 84.2 Å². The summed E-state index contributed by atoms with van der Waals surface area (Å²) in [7, 11) is -1.99. The Balaban J connectivity index is 1.54. The fourth-order valence-electron chi connectivity index (χ4n) is 4.27. The number of hydrogen-bond acceptors (Lipinski definition) is 7. The van der Waals surface area contributed by atoms with Gasteiger partial charge in [-0.05, 0) is 41.3 Å². The Bertz CT molecular complexity index is 1750. The van der Waals surface area contributed by atoms with Crippen molar-refractivity contribution < 1.29 is 13.5 Å². The van der Waals surface area contributed by atoms with Crippen molar-refractivity contribution in [2.75, 3.05) is 13.2 Å². The highest BCUT2D eigenvalue weighted by molar-refractivity contribution is 7.88. The molecule has 9 nitrogen and oxygen atoms in total. The van der Waals surface area contributed by atoms with Crippen molar-refractivity contribution in [2.45, 2.75) is 12.3 Å². The first-order valence-corrected chi connectivity index (χ1v) is 13.3. The number of aromatic nitrogens is 4. The van der Waals surface area contributed by atoms with Crippen molar-refractivity contribution >= 4 is 31.7 Å². The van der Waals surface area contributed by atoms with E-state index in [4.69, 9.17) is 0 Å². The van der Waals surface area contributed by atoms with Crippen molar-refractivity contribution in [1.82, 2.24) is 24.1 Å². The normalized spacial score (nSPS) is 12.0. The molecule has 0 spiro atoms. The van der Waals surface area contributed by atoms with Crippen LogP contribution in [0.25, 0.3) is 32.8 Å². The summed E-state index contributed by atoms with van der Waals surface area (Å²) in [6.07, 6.45) is 6.86. The quantitative estimate of drug-likeness (QED) is 0.338. The van der Waals surface area contributed by atoms with Crippen LogP contribution >= 0.6 is 0 Å². The van der Waals surface area contributed by atoms with Gasteiger partial charge in [-0.2, -0.15) is 9.40 Å². The molecule has 5 aromatic rings. The van der Waals surface area contributed by atoms with Gasteiger partial charge in [0.1, 0.15) is 0 Å². The second kappa shape index (κ2) is 10.2. The Labute approximate surface area is 213 Å². The fourth-order valence-corrected chi connectivity index (χ4v) is 5.74. The van der Waals surface area contributed by atoms with E-state index in [0.717, 1.165) is 11.1 Å². The van der Waals surface area contributed by atoms with E-state index in [1.165, 1.54) is 4.31 Å². The largest absolute Gasteiger partial charge is 0.395 e. The number of benzene rings is 1. The zero-order valence-electron chi connectivity index (χ0n) is 20.2. The lowest BCUT2D eigenvalue weighted by Gasteiger charge is -2.21. The van der Waals surface area contributed by atoms with Gasteiger partial charge in [0, 0.05) is 54.1 Å². The van der Waals surface area contributed by atoms with Crippen LogP contribution in [0.1, 0.15) is 11.3 Å². The Kier molecular flexibility index (Phi) is 6.79. The summed E-state index contributed by atoms with van der Waals surface area (Å²) >= 11 is 0. The predicted octanol–water partition coefficient (Wildman–Crippen LogP) is 2.87. The molecule has 1 N–H and O–H groups in total. The molecule has 0 aliphatic carbocycles. The number of aryl methyl sites for hydroxylation is 1. The average Bonchev–Trinajstić information content (AvgIpc) is 3.28. The first kappa shape index (κ1) is 24.7. The molecule has 37 heavy (non-hydrogen) atoms. The van der Waals surface area contributed by atoms with Gasteiger partial charge in [0.05, 0.1) is 36.3 Å². The molecular formula is C27H25N5O4S. The Morgan fingerprint density at radius 2 is 1.81 bits per heavy atom. The minimum atomic E-state index is -3.81. The van der Waals surface area contributed by atoms with Crippen molar-refractivity contribution in [3.05, 3.63) is 101 Å². The summed E-state index contributed by atoms with van der Waals surface area (Å²) in [4.78, 5) is 22.3. The van der Waals surface area contributed by atoms with E-state index in [0.29, 0.717) is 32.9 Å². The molecule has 0 bridgehead atoms. The second-order valence-corrected chi connectivity index (χ2v) is 10.7. The number of pyridine rings is 2. The van der Waals surface area contributed by atoms with E-state index < -0.39 is 10.0 Å². The van der Waals surface area contributed by atoms with Crippen molar-refractivity contribution in [3.63, 3.8) is 0 Å². The maximum absolute atomic E-state index is 13.6. The third kappa shape index (κ3) is 5.26. The number of aliphatic hydroxyl groups is 1. The van der Waals surface area contributed by atoms with Gasteiger partial charge in [-0.1, -0.05) is 24.3 Å². The molecule has 10 heteroatoms. The number of rotatable bonds is 8. The van der Waals surface area contributed by atoms with Crippen molar-refractivity contribution in [1.29, 1.82) is 0 Å². The van der Waals surface area contributed by atoms with Gasteiger partial charge in [0.2, 0.25) is 10.0 Å². The summed E-state index contributed by atoms with van der Waals surface area (Å²) in [5, 5.41) is 15.2. The van der Waals surface area contributed by atoms with Gasteiger partial charge < -0.3 is 5.11 Å². The van der Waals surface area contributed by atoms with Crippen LogP contribution in [0, 0.1) is 0 Å². The minimum absolute atomic E-state index is 0.0481. The molecule has 188 valence electrons. The highest BCUT2D eigenvalue weighted by Crippen LogP contribution is 2.23. The lowest BCUT2D eigenvalue weighted by Crippen LogP contribution is -2.34. The van der Waals surface area contributed by atoms with E-state index >= 15 is 0 Å². The maximum Gasteiger partial charge on any atom is 0.218 e. The number of aliphatic hydroxyl groups excluding tert-OH is 1. The van der Waals surface area contributed by atoms with Gasteiger partial charge in [-0.15, -0.1) is 0 Å². The van der Waals surface area contributed by atoms with Crippen molar-refractivity contribution in [2.24, 2.45) is 7.05 Å².